The first-order valence-electron chi connectivity index (χ1n) is 8.05. The van der Waals surface area contributed by atoms with Gasteiger partial charge in [-0.1, -0.05) is 17.7 Å². The van der Waals surface area contributed by atoms with Crippen molar-refractivity contribution in [1.82, 2.24) is 19.5 Å². The molecule has 4 rings (SSSR count). The Morgan fingerprint density at radius 2 is 2.20 bits per heavy atom. The second kappa shape index (κ2) is 6.04. The fourth-order valence-corrected chi connectivity index (χ4v) is 3.46. The topological polar surface area (TPSA) is 59.7 Å². The molecule has 0 fully saturated rings. The van der Waals surface area contributed by atoms with Gasteiger partial charge in [0.2, 0.25) is 0 Å². The highest BCUT2D eigenvalue weighted by molar-refractivity contribution is 6.30. The van der Waals surface area contributed by atoms with Crippen LogP contribution in [0.15, 0.2) is 36.7 Å². The third-order valence-corrected chi connectivity index (χ3v) is 4.85. The van der Waals surface area contributed by atoms with Gasteiger partial charge in [0.25, 0.3) is 5.91 Å². The second-order valence-electron chi connectivity index (χ2n) is 6.09. The number of carbonyl (C=O) groups is 1. The van der Waals surface area contributed by atoms with Crippen LogP contribution in [0.25, 0.3) is 5.65 Å². The minimum atomic E-state index is -0.101. The molecule has 1 aliphatic rings. The number of rotatable bonds is 2. The number of aromatic nitrogens is 3. The lowest BCUT2D eigenvalue weighted by Gasteiger charge is -2.35. The molecule has 1 unspecified atom stereocenters. The summed E-state index contributed by atoms with van der Waals surface area (Å²) in [5, 5.41) is 4.80. The molecule has 1 atom stereocenters. The average molecular weight is 357 g/mol. The van der Waals surface area contributed by atoms with E-state index in [9.17, 15) is 4.79 Å². The zero-order valence-corrected chi connectivity index (χ0v) is 14.7. The molecule has 25 heavy (non-hydrogen) atoms. The summed E-state index contributed by atoms with van der Waals surface area (Å²) in [7, 11) is 1.66. The molecule has 1 aliphatic heterocycles. The van der Waals surface area contributed by atoms with E-state index >= 15 is 0 Å². The lowest BCUT2D eigenvalue weighted by atomic mass is 9.93. The van der Waals surface area contributed by atoms with Crippen LogP contribution in [0.4, 0.5) is 0 Å². The Hall–Kier alpha value is -2.60. The largest absolute Gasteiger partial charge is 0.497 e. The van der Waals surface area contributed by atoms with Crippen molar-refractivity contribution in [1.29, 1.82) is 0 Å². The minimum Gasteiger partial charge on any atom is -0.497 e. The van der Waals surface area contributed by atoms with Gasteiger partial charge in [-0.2, -0.15) is 5.10 Å². The molecule has 0 N–H and O–H groups in total. The summed E-state index contributed by atoms with van der Waals surface area (Å²) in [4.78, 5) is 19.0. The molecule has 0 saturated heterocycles. The smallest absolute Gasteiger partial charge is 0.274 e. The van der Waals surface area contributed by atoms with Gasteiger partial charge in [0.15, 0.2) is 11.3 Å². The Kier molecular flexibility index (Phi) is 3.84. The van der Waals surface area contributed by atoms with E-state index in [2.05, 4.69) is 10.1 Å². The predicted octanol–water partition coefficient (Wildman–Crippen LogP) is 3.15. The summed E-state index contributed by atoms with van der Waals surface area (Å²) in [6, 6.07) is 7.67. The number of hydrogen-bond donors (Lipinski definition) is 0. The predicted molar refractivity (Wildman–Crippen MR) is 94.1 cm³/mol. The lowest BCUT2D eigenvalue weighted by molar-refractivity contribution is 0.0671. The van der Waals surface area contributed by atoms with Crippen LogP contribution in [0.3, 0.4) is 0 Å². The quantitative estimate of drug-likeness (QED) is 0.707. The van der Waals surface area contributed by atoms with Crippen molar-refractivity contribution in [2.45, 2.75) is 19.4 Å². The maximum absolute atomic E-state index is 13.0. The Morgan fingerprint density at radius 1 is 1.36 bits per heavy atom. The van der Waals surface area contributed by atoms with Crippen molar-refractivity contribution in [2.75, 3.05) is 13.7 Å². The summed E-state index contributed by atoms with van der Waals surface area (Å²) < 4.78 is 6.82. The van der Waals surface area contributed by atoms with Gasteiger partial charge >= 0.3 is 0 Å². The van der Waals surface area contributed by atoms with E-state index in [0.717, 1.165) is 17.7 Å². The highest BCUT2D eigenvalue weighted by Crippen LogP contribution is 2.32. The van der Waals surface area contributed by atoms with Crippen LogP contribution in [0, 0.1) is 0 Å². The zero-order chi connectivity index (χ0) is 17.6. The first-order chi connectivity index (χ1) is 12.1. The third kappa shape index (κ3) is 2.72. The maximum Gasteiger partial charge on any atom is 0.274 e. The van der Waals surface area contributed by atoms with Crippen LogP contribution in [0.2, 0.25) is 5.02 Å². The number of fused-ring (bicyclic) bond motifs is 2. The van der Waals surface area contributed by atoms with Gasteiger partial charge in [0.1, 0.15) is 5.75 Å². The highest BCUT2D eigenvalue weighted by atomic mass is 35.5. The van der Waals surface area contributed by atoms with Crippen molar-refractivity contribution in [3.8, 4) is 5.75 Å². The maximum atomic E-state index is 13.0. The monoisotopic (exact) mass is 356 g/mol. The fraction of sp³-hybridized carbons (Fsp3) is 0.278. The van der Waals surface area contributed by atoms with Gasteiger partial charge < -0.3 is 9.64 Å². The summed E-state index contributed by atoms with van der Waals surface area (Å²) in [6.07, 6.45) is 3.97. The Labute approximate surface area is 150 Å². The first-order valence-corrected chi connectivity index (χ1v) is 8.43. The van der Waals surface area contributed by atoms with Gasteiger partial charge in [0, 0.05) is 18.8 Å². The molecular weight excluding hydrogens is 340 g/mol. The molecular formula is C18H17ClN4O2. The van der Waals surface area contributed by atoms with Gasteiger partial charge in [0.05, 0.1) is 24.4 Å². The molecule has 2 aromatic heterocycles. The molecule has 6 nitrogen and oxygen atoms in total. The number of amides is 1. The Bertz CT molecular complexity index is 969. The summed E-state index contributed by atoms with van der Waals surface area (Å²) in [5.74, 6) is 0.740. The molecule has 0 bridgehead atoms. The summed E-state index contributed by atoms with van der Waals surface area (Å²) >= 11 is 5.93. The number of hydrogen-bond acceptors (Lipinski definition) is 4. The zero-order valence-electron chi connectivity index (χ0n) is 13.9. The van der Waals surface area contributed by atoms with Gasteiger partial charge in [-0.15, -0.1) is 0 Å². The van der Waals surface area contributed by atoms with E-state index in [1.165, 1.54) is 10.1 Å². The van der Waals surface area contributed by atoms with Crippen molar-refractivity contribution < 1.29 is 9.53 Å². The molecule has 3 heterocycles. The lowest BCUT2D eigenvalue weighted by Crippen LogP contribution is -2.39. The number of methoxy groups -OCH3 is 1. The average Bonchev–Trinajstić information content (AvgIpc) is 3.04. The van der Waals surface area contributed by atoms with E-state index in [4.69, 9.17) is 16.3 Å². The number of benzene rings is 1. The standard InChI is InChI=1S/C18H17ClN4O2/c1-11-15-4-3-14(25-2)7-12(15)5-6-22(11)18(24)16-8-17-20-9-13(19)10-23(17)21-16/h3-4,7-11H,5-6H2,1-2H3. The molecule has 3 aromatic rings. The number of ether oxygens (including phenoxy) is 1. The van der Waals surface area contributed by atoms with Crippen molar-refractivity contribution >= 4 is 23.2 Å². The Balaban J connectivity index is 1.65. The van der Waals surface area contributed by atoms with Crippen molar-refractivity contribution in [3.05, 3.63) is 58.5 Å². The molecule has 128 valence electrons. The van der Waals surface area contributed by atoms with E-state index in [1.54, 1.807) is 25.6 Å². The van der Waals surface area contributed by atoms with E-state index in [-0.39, 0.29) is 11.9 Å². The fourth-order valence-electron chi connectivity index (χ4n) is 3.32. The third-order valence-electron chi connectivity index (χ3n) is 4.65. The SMILES string of the molecule is COc1ccc2c(c1)CCN(C(=O)c1cc3ncc(Cl)cn3n1)C2C. The van der Waals surface area contributed by atoms with Crippen LogP contribution in [-0.2, 0) is 6.42 Å². The molecule has 1 amide bonds. The van der Waals surface area contributed by atoms with E-state index in [1.807, 2.05) is 30.0 Å². The Morgan fingerprint density at radius 3 is 3.00 bits per heavy atom. The summed E-state index contributed by atoms with van der Waals surface area (Å²) in [5.41, 5.74) is 3.34. The van der Waals surface area contributed by atoms with E-state index < -0.39 is 0 Å². The molecule has 1 aromatic carbocycles. The number of nitrogens with zero attached hydrogens (tertiary/aromatic N) is 4. The number of carbonyl (C=O) groups excluding carboxylic acids is 1. The van der Waals surface area contributed by atoms with Crippen molar-refractivity contribution in [2.24, 2.45) is 0 Å². The first kappa shape index (κ1) is 15.9. The highest BCUT2D eigenvalue weighted by Gasteiger charge is 2.30. The van der Waals surface area contributed by atoms with Gasteiger partial charge in [-0.3, -0.25) is 4.79 Å². The van der Waals surface area contributed by atoms with Crippen LogP contribution in [-0.4, -0.2) is 39.1 Å². The normalized spacial score (nSPS) is 16.8. The second-order valence-corrected chi connectivity index (χ2v) is 6.53. The number of halogens is 1. The molecule has 0 aliphatic carbocycles. The molecule has 0 saturated carbocycles. The van der Waals surface area contributed by atoms with Gasteiger partial charge in [-0.25, -0.2) is 9.50 Å². The molecule has 0 spiro atoms. The van der Waals surface area contributed by atoms with Crippen molar-refractivity contribution in [3.63, 3.8) is 0 Å². The van der Waals surface area contributed by atoms with Crippen LogP contribution < -0.4 is 4.74 Å². The van der Waals surface area contributed by atoms with Gasteiger partial charge in [-0.05, 0) is 36.6 Å². The van der Waals surface area contributed by atoms with Crippen LogP contribution in [0.1, 0.15) is 34.6 Å². The molecule has 7 heteroatoms. The van der Waals surface area contributed by atoms with Crippen LogP contribution >= 0.6 is 11.6 Å². The van der Waals surface area contributed by atoms with E-state index in [0.29, 0.717) is 22.9 Å². The van der Waals surface area contributed by atoms with Crippen LogP contribution in [0.5, 0.6) is 5.75 Å². The molecule has 0 radical (unpaired) electrons. The minimum absolute atomic E-state index is 0.0245. The summed E-state index contributed by atoms with van der Waals surface area (Å²) in [6.45, 7) is 2.68.